The minimum absolute atomic E-state index is 0.116. The summed E-state index contributed by atoms with van der Waals surface area (Å²) in [5.41, 5.74) is 0.329. The summed E-state index contributed by atoms with van der Waals surface area (Å²) >= 11 is 0. The van der Waals surface area contributed by atoms with Gasteiger partial charge in [-0.05, 0) is 31.2 Å². The SMILES string of the molecule is CCOC(=O)CN(Cc1ccccn1)S(=O)(=O)c1ccccc1C(=O)OC. The molecule has 2 aromatic rings. The standard InChI is InChI=1S/C18H20N2O6S/c1-3-26-17(21)13-20(12-14-8-6-7-11-19-14)27(23,24)16-10-5-4-9-15(16)18(22)25-2/h4-11H,3,12-13H2,1-2H3. The van der Waals surface area contributed by atoms with Gasteiger partial charge in [0.05, 0.1) is 36.4 Å². The number of nitrogens with zero attached hydrogens (tertiary/aromatic N) is 2. The van der Waals surface area contributed by atoms with Crippen molar-refractivity contribution in [1.29, 1.82) is 0 Å². The zero-order valence-corrected chi connectivity index (χ0v) is 15.8. The van der Waals surface area contributed by atoms with Crippen molar-refractivity contribution in [3.05, 3.63) is 59.9 Å². The molecule has 1 aromatic carbocycles. The second-order valence-electron chi connectivity index (χ2n) is 5.39. The normalized spacial score (nSPS) is 11.2. The van der Waals surface area contributed by atoms with Gasteiger partial charge in [-0.15, -0.1) is 0 Å². The molecule has 2 rings (SSSR count). The minimum atomic E-state index is -4.21. The van der Waals surface area contributed by atoms with Crippen LogP contribution in [0.4, 0.5) is 0 Å². The first-order valence-electron chi connectivity index (χ1n) is 8.13. The third-order valence-electron chi connectivity index (χ3n) is 3.59. The number of aromatic nitrogens is 1. The van der Waals surface area contributed by atoms with Crippen LogP contribution < -0.4 is 0 Å². The number of carbonyl (C=O) groups is 2. The second kappa shape index (κ2) is 9.24. The van der Waals surface area contributed by atoms with Gasteiger partial charge in [-0.25, -0.2) is 13.2 Å². The predicted octanol–water partition coefficient (Wildman–Crippen LogP) is 1.62. The maximum Gasteiger partial charge on any atom is 0.339 e. The van der Waals surface area contributed by atoms with Gasteiger partial charge in [-0.3, -0.25) is 9.78 Å². The van der Waals surface area contributed by atoms with Gasteiger partial charge < -0.3 is 9.47 Å². The second-order valence-corrected chi connectivity index (χ2v) is 7.29. The molecule has 27 heavy (non-hydrogen) atoms. The van der Waals surface area contributed by atoms with Crippen LogP contribution in [0.25, 0.3) is 0 Å². The van der Waals surface area contributed by atoms with Gasteiger partial charge in [0.1, 0.15) is 6.54 Å². The summed E-state index contributed by atoms with van der Waals surface area (Å²) in [5.74, 6) is -1.49. The number of hydrogen-bond donors (Lipinski definition) is 0. The molecule has 0 fully saturated rings. The van der Waals surface area contributed by atoms with Crippen LogP contribution in [0.2, 0.25) is 0 Å². The molecule has 1 heterocycles. The van der Waals surface area contributed by atoms with Gasteiger partial charge in [-0.2, -0.15) is 4.31 Å². The van der Waals surface area contributed by atoms with Crippen LogP contribution >= 0.6 is 0 Å². The lowest BCUT2D eigenvalue weighted by molar-refractivity contribution is -0.143. The molecule has 0 aliphatic rings. The van der Waals surface area contributed by atoms with Crippen LogP contribution in [0.3, 0.4) is 0 Å². The van der Waals surface area contributed by atoms with E-state index in [4.69, 9.17) is 4.74 Å². The van der Waals surface area contributed by atoms with Gasteiger partial charge in [0.2, 0.25) is 10.0 Å². The Bertz CT molecular complexity index is 899. The predicted molar refractivity (Wildman–Crippen MR) is 96.2 cm³/mol. The smallest absolute Gasteiger partial charge is 0.339 e. The zero-order chi connectivity index (χ0) is 19.9. The minimum Gasteiger partial charge on any atom is -0.465 e. The number of carbonyl (C=O) groups excluding carboxylic acids is 2. The quantitative estimate of drug-likeness (QED) is 0.629. The summed E-state index contributed by atoms with van der Waals surface area (Å²) in [6.45, 7) is 1.08. The maximum atomic E-state index is 13.2. The Hall–Kier alpha value is -2.78. The summed E-state index contributed by atoms with van der Waals surface area (Å²) in [6.07, 6.45) is 1.52. The fourth-order valence-electron chi connectivity index (χ4n) is 2.36. The molecule has 0 amide bonds. The Kier molecular flexibility index (Phi) is 7.03. The van der Waals surface area contributed by atoms with E-state index >= 15 is 0 Å². The molecule has 0 unspecified atom stereocenters. The number of esters is 2. The number of sulfonamides is 1. The van der Waals surface area contributed by atoms with Gasteiger partial charge >= 0.3 is 11.9 Å². The average Bonchev–Trinajstić information content (AvgIpc) is 2.68. The van der Waals surface area contributed by atoms with Gasteiger partial charge in [0, 0.05) is 6.20 Å². The molecule has 0 atom stereocenters. The number of benzene rings is 1. The first-order chi connectivity index (χ1) is 12.9. The fourth-order valence-corrected chi connectivity index (χ4v) is 3.89. The molecule has 0 saturated heterocycles. The van der Waals surface area contributed by atoms with E-state index < -0.39 is 28.5 Å². The van der Waals surface area contributed by atoms with Crippen molar-refractivity contribution < 1.29 is 27.5 Å². The third kappa shape index (κ3) is 5.11. The lowest BCUT2D eigenvalue weighted by Crippen LogP contribution is -2.37. The summed E-state index contributed by atoms with van der Waals surface area (Å²) < 4.78 is 36.9. The van der Waals surface area contributed by atoms with E-state index in [0.717, 1.165) is 11.4 Å². The first-order valence-corrected chi connectivity index (χ1v) is 9.57. The van der Waals surface area contributed by atoms with Crippen LogP contribution in [-0.2, 0) is 30.8 Å². The van der Waals surface area contributed by atoms with E-state index in [1.807, 2.05) is 0 Å². The third-order valence-corrected chi connectivity index (χ3v) is 5.44. The van der Waals surface area contributed by atoms with Crippen molar-refractivity contribution in [1.82, 2.24) is 9.29 Å². The Labute approximate surface area is 157 Å². The van der Waals surface area contributed by atoms with E-state index in [1.165, 1.54) is 30.5 Å². The maximum absolute atomic E-state index is 13.2. The Morgan fingerprint density at radius 3 is 2.44 bits per heavy atom. The fraction of sp³-hybridized carbons (Fsp3) is 0.278. The highest BCUT2D eigenvalue weighted by molar-refractivity contribution is 7.89. The number of methoxy groups -OCH3 is 1. The number of pyridine rings is 1. The highest BCUT2D eigenvalue weighted by Crippen LogP contribution is 2.22. The average molecular weight is 392 g/mol. The summed E-state index contributed by atoms with van der Waals surface area (Å²) in [7, 11) is -3.04. The number of ether oxygens (including phenoxy) is 2. The molecule has 0 bridgehead atoms. The lowest BCUT2D eigenvalue weighted by atomic mass is 10.2. The lowest BCUT2D eigenvalue weighted by Gasteiger charge is -2.22. The van der Waals surface area contributed by atoms with E-state index in [9.17, 15) is 18.0 Å². The highest BCUT2D eigenvalue weighted by atomic mass is 32.2. The molecule has 1 aromatic heterocycles. The van der Waals surface area contributed by atoms with Crippen molar-refractivity contribution in [2.45, 2.75) is 18.4 Å². The summed E-state index contributed by atoms with van der Waals surface area (Å²) in [5, 5.41) is 0. The molecule has 0 aliphatic heterocycles. The van der Waals surface area contributed by atoms with Crippen LogP contribution in [0.1, 0.15) is 23.0 Å². The van der Waals surface area contributed by atoms with Crippen molar-refractivity contribution >= 4 is 22.0 Å². The van der Waals surface area contributed by atoms with Crippen LogP contribution in [0.15, 0.2) is 53.6 Å². The number of hydrogen-bond acceptors (Lipinski definition) is 7. The van der Waals surface area contributed by atoms with Gasteiger partial charge in [-0.1, -0.05) is 18.2 Å². The molecule has 0 saturated carbocycles. The van der Waals surface area contributed by atoms with Crippen LogP contribution in [0, 0.1) is 0 Å². The molecular formula is C18H20N2O6S. The summed E-state index contributed by atoms with van der Waals surface area (Å²) in [6, 6.07) is 10.7. The largest absolute Gasteiger partial charge is 0.465 e. The van der Waals surface area contributed by atoms with Crippen LogP contribution in [-0.4, -0.2) is 49.9 Å². The Morgan fingerprint density at radius 1 is 1.11 bits per heavy atom. The van der Waals surface area contributed by atoms with E-state index in [2.05, 4.69) is 9.72 Å². The van der Waals surface area contributed by atoms with E-state index in [1.54, 1.807) is 25.1 Å². The molecule has 0 aliphatic carbocycles. The van der Waals surface area contributed by atoms with Crippen LogP contribution in [0.5, 0.6) is 0 Å². The number of rotatable bonds is 8. The molecule has 144 valence electrons. The summed E-state index contributed by atoms with van der Waals surface area (Å²) in [4.78, 5) is 27.8. The highest BCUT2D eigenvalue weighted by Gasteiger charge is 2.31. The van der Waals surface area contributed by atoms with Gasteiger partial charge in [0.25, 0.3) is 0 Å². The molecule has 9 heteroatoms. The molecule has 0 N–H and O–H groups in total. The Balaban J connectivity index is 2.47. The van der Waals surface area contributed by atoms with E-state index in [0.29, 0.717) is 5.69 Å². The van der Waals surface area contributed by atoms with Gasteiger partial charge in [0.15, 0.2) is 0 Å². The monoisotopic (exact) mass is 392 g/mol. The molecule has 0 radical (unpaired) electrons. The van der Waals surface area contributed by atoms with Crippen molar-refractivity contribution in [3.8, 4) is 0 Å². The molecule has 8 nitrogen and oxygen atoms in total. The van der Waals surface area contributed by atoms with Crippen molar-refractivity contribution in [2.24, 2.45) is 0 Å². The first kappa shape index (κ1) is 20.5. The molecule has 0 spiro atoms. The van der Waals surface area contributed by atoms with Crippen molar-refractivity contribution in [3.63, 3.8) is 0 Å². The zero-order valence-electron chi connectivity index (χ0n) is 15.0. The Morgan fingerprint density at radius 2 is 1.81 bits per heavy atom. The molecular weight excluding hydrogens is 372 g/mol. The topological polar surface area (TPSA) is 103 Å². The van der Waals surface area contributed by atoms with E-state index in [-0.39, 0.29) is 23.6 Å². The van der Waals surface area contributed by atoms with Crippen molar-refractivity contribution in [2.75, 3.05) is 20.3 Å².